The molecule has 1 rings (SSSR count). The summed E-state index contributed by atoms with van der Waals surface area (Å²) in [6.45, 7) is 0.383. The van der Waals surface area contributed by atoms with E-state index in [2.05, 4.69) is 5.32 Å². The number of benzene rings is 1. The highest BCUT2D eigenvalue weighted by Crippen LogP contribution is 2.29. The average Bonchev–Trinajstić information content (AvgIpc) is 2.17. The fraction of sp³-hybridized carbons (Fsp3) is 0.300. The molecule has 0 unspecified atom stereocenters. The Morgan fingerprint density at radius 2 is 2.07 bits per heavy atom. The first-order valence-corrected chi connectivity index (χ1v) is 4.28. The molecule has 2 nitrogen and oxygen atoms in total. The van der Waals surface area contributed by atoms with Crippen molar-refractivity contribution in [2.24, 2.45) is 0 Å². The molecule has 0 aliphatic carbocycles. The van der Waals surface area contributed by atoms with Gasteiger partial charge in [-0.2, -0.15) is 18.4 Å². The van der Waals surface area contributed by atoms with E-state index in [1.165, 1.54) is 6.07 Å². The van der Waals surface area contributed by atoms with Gasteiger partial charge in [-0.25, -0.2) is 0 Å². The average molecular weight is 214 g/mol. The standard InChI is InChI=1S/C10H9F3N2/c11-10(12,13)9-3-1-2-8(6-9)7-15-5-4-14/h1-3,6,15H,5,7H2. The van der Waals surface area contributed by atoms with E-state index in [-0.39, 0.29) is 13.1 Å². The van der Waals surface area contributed by atoms with Gasteiger partial charge in [0.2, 0.25) is 0 Å². The van der Waals surface area contributed by atoms with E-state index in [9.17, 15) is 13.2 Å². The van der Waals surface area contributed by atoms with E-state index in [4.69, 9.17) is 5.26 Å². The molecule has 0 fully saturated rings. The Hall–Kier alpha value is -1.54. The minimum absolute atomic E-state index is 0.121. The molecule has 0 bridgehead atoms. The summed E-state index contributed by atoms with van der Waals surface area (Å²) in [5, 5.41) is 10.9. The fourth-order valence-electron chi connectivity index (χ4n) is 1.12. The van der Waals surface area contributed by atoms with E-state index in [1.54, 1.807) is 6.07 Å². The summed E-state index contributed by atoms with van der Waals surface area (Å²) in [6.07, 6.45) is -4.31. The van der Waals surface area contributed by atoms with Gasteiger partial charge in [0, 0.05) is 6.54 Å². The second kappa shape index (κ2) is 4.80. The summed E-state index contributed by atoms with van der Waals surface area (Å²) in [5.74, 6) is 0. The molecule has 0 atom stereocenters. The molecule has 0 aliphatic rings. The van der Waals surface area contributed by atoms with Gasteiger partial charge in [-0.1, -0.05) is 18.2 Å². The maximum absolute atomic E-state index is 12.3. The Morgan fingerprint density at radius 1 is 1.33 bits per heavy atom. The van der Waals surface area contributed by atoms with Crippen LogP contribution >= 0.6 is 0 Å². The molecule has 0 aliphatic heterocycles. The zero-order chi connectivity index (χ0) is 11.3. The summed E-state index contributed by atoms with van der Waals surface area (Å²) < 4.78 is 36.9. The van der Waals surface area contributed by atoms with Crippen molar-refractivity contribution >= 4 is 0 Å². The molecular formula is C10H9F3N2. The van der Waals surface area contributed by atoms with Crippen molar-refractivity contribution in [2.45, 2.75) is 12.7 Å². The van der Waals surface area contributed by atoms with Crippen molar-refractivity contribution in [2.75, 3.05) is 6.54 Å². The minimum atomic E-state index is -4.31. The highest BCUT2D eigenvalue weighted by atomic mass is 19.4. The van der Waals surface area contributed by atoms with E-state index >= 15 is 0 Å². The third-order valence-corrected chi connectivity index (χ3v) is 1.79. The van der Waals surface area contributed by atoms with Crippen molar-refractivity contribution in [1.82, 2.24) is 5.32 Å². The first kappa shape index (κ1) is 11.5. The quantitative estimate of drug-likeness (QED) is 0.619. The van der Waals surface area contributed by atoms with Crippen molar-refractivity contribution in [1.29, 1.82) is 5.26 Å². The maximum Gasteiger partial charge on any atom is 0.416 e. The van der Waals surface area contributed by atoms with Crippen LogP contribution in [0.25, 0.3) is 0 Å². The Bertz CT molecular complexity index is 366. The van der Waals surface area contributed by atoms with E-state index < -0.39 is 11.7 Å². The lowest BCUT2D eigenvalue weighted by Gasteiger charge is -2.08. The first-order valence-electron chi connectivity index (χ1n) is 4.28. The van der Waals surface area contributed by atoms with Gasteiger partial charge in [0.1, 0.15) is 0 Å². The third-order valence-electron chi connectivity index (χ3n) is 1.79. The zero-order valence-corrected chi connectivity index (χ0v) is 7.80. The van der Waals surface area contributed by atoms with Gasteiger partial charge in [-0.3, -0.25) is 0 Å². The molecule has 0 spiro atoms. The summed E-state index contributed by atoms with van der Waals surface area (Å²) in [5.41, 5.74) is -0.154. The highest BCUT2D eigenvalue weighted by molar-refractivity contribution is 5.25. The largest absolute Gasteiger partial charge is 0.416 e. The summed E-state index contributed by atoms with van der Waals surface area (Å²) in [4.78, 5) is 0. The number of rotatable bonds is 3. The zero-order valence-electron chi connectivity index (χ0n) is 7.80. The third kappa shape index (κ3) is 3.60. The Kier molecular flexibility index (Phi) is 3.69. The number of nitriles is 1. The first-order chi connectivity index (χ1) is 7.04. The Morgan fingerprint density at radius 3 is 2.67 bits per heavy atom. The van der Waals surface area contributed by atoms with Gasteiger partial charge < -0.3 is 5.32 Å². The van der Waals surface area contributed by atoms with Gasteiger partial charge in [-0.05, 0) is 11.6 Å². The van der Waals surface area contributed by atoms with Crippen LogP contribution in [0.2, 0.25) is 0 Å². The monoisotopic (exact) mass is 214 g/mol. The van der Waals surface area contributed by atoms with E-state index in [0.717, 1.165) is 12.1 Å². The van der Waals surface area contributed by atoms with Crippen molar-refractivity contribution < 1.29 is 13.2 Å². The summed E-state index contributed by atoms with van der Waals surface area (Å²) in [6, 6.07) is 6.88. The van der Waals surface area contributed by atoms with Crippen LogP contribution in [0.3, 0.4) is 0 Å². The number of halogens is 3. The van der Waals surface area contributed by atoms with Crippen LogP contribution in [0.1, 0.15) is 11.1 Å². The summed E-state index contributed by atoms with van der Waals surface area (Å²) >= 11 is 0. The fourth-order valence-corrected chi connectivity index (χ4v) is 1.12. The molecule has 0 radical (unpaired) electrons. The molecule has 5 heteroatoms. The molecule has 0 amide bonds. The normalized spacial score (nSPS) is 11.1. The molecule has 80 valence electrons. The van der Waals surface area contributed by atoms with Gasteiger partial charge in [0.25, 0.3) is 0 Å². The lowest BCUT2D eigenvalue weighted by molar-refractivity contribution is -0.137. The molecule has 1 N–H and O–H groups in total. The number of hydrogen-bond donors (Lipinski definition) is 1. The van der Waals surface area contributed by atoms with Gasteiger partial charge in [0.05, 0.1) is 18.2 Å². The van der Waals surface area contributed by atoms with Crippen LogP contribution in [0.4, 0.5) is 13.2 Å². The second-order valence-electron chi connectivity index (χ2n) is 2.96. The number of hydrogen-bond acceptors (Lipinski definition) is 2. The SMILES string of the molecule is N#CCNCc1cccc(C(F)(F)F)c1. The molecule has 1 aromatic rings. The molecule has 0 aromatic heterocycles. The Labute approximate surface area is 85.3 Å². The predicted octanol–water partition coefficient (Wildman–Crippen LogP) is 2.32. The maximum atomic E-state index is 12.3. The predicted molar refractivity (Wildman–Crippen MR) is 48.8 cm³/mol. The lowest BCUT2D eigenvalue weighted by atomic mass is 10.1. The number of nitrogens with zero attached hydrogens (tertiary/aromatic N) is 1. The second-order valence-corrected chi connectivity index (χ2v) is 2.96. The van der Waals surface area contributed by atoms with Crippen LogP contribution in [0, 0.1) is 11.3 Å². The molecule has 15 heavy (non-hydrogen) atoms. The van der Waals surface area contributed by atoms with Crippen molar-refractivity contribution in [3.05, 3.63) is 35.4 Å². The van der Waals surface area contributed by atoms with Gasteiger partial charge in [0.15, 0.2) is 0 Å². The van der Waals surface area contributed by atoms with Gasteiger partial charge >= 0.3 is 6.18 Å². The Balaban J connectivity index is 2.71. The molecule has 0 saturated heterocycles. The summed E-state index contributed by atoms with van der Waals surface area (Å²) in [7, 11) is 0. The molecule has 0 saturated carbocycles. The highest BCUT2D eigenvalue weighted by Gasteiger charge is 2.30. The van der Waals surface area contributed by atoms with Crippen LogP contribution < -0.4 is 5.32 Å². The van der Waals surface area contributed by atoms with E-state index in [1.807, 2.05) is 6.07 Å². The topological polar surface area (TPSA) is 35.8 Å². The van der Waals surface area contributed by atoms with Crippen LogP contribution in [-0.2, 0) is 12.7 Å². The number of nitrogens with one attached hydrogen (secondary N) is 1. The lowest BCUT2D eigenvalue weighted by Crippen LogP contribution is -2.14. The van der Waals surface area contributed by atoms with Gasteiger partial charge in [-0.15, -0.1) is 0 Å². The van der Waals surface area contributed by atoms with Crippen molar-refractivity contribution in [3.63, 3.8) is 0 Å². The smallest absolute Gasteiger partial charge is 0.300 e. The van der Waals surface area contributed by atoms with Crippen LogP contribution in [0.15, 0.2) is 24.3 Å². The molecule has 1 aromatic carbocycles. The molecular weight excluding hydrogens is 205 g/mol. The van der Waals surface area contributed by atoms with Crippen LogP contribution in [-0.4, -0.2) is 6.54 Å². The number of alkyl halides is 3. The van der Waals surface area contributed by atoms with Crippen LogP contribution in [0.5, 0.6) is 0 Å². The molecule has 0 heterocycles. The van der Waals surface area contributed by atoms with Crippen molar-refractivity contribution in [3.8, 4) is 6.07 Å². The van der Waals surface area contributed by atoms with E-state index in [0.29, 0.717) is 5.56 Å². The minimum Gasteiger partial charge on any atom is -0.300 e.